The topological polar surface area (TPSA) is 9.23 Å². The monoisotopic (exact) mass is 424 g/mol. The molecule has 0 N–H and O–H groups in total. The first-order valence-corrected chi connectivity index (χ1v) is 12.0. The quantitative estimate of drug-likeness (QED) is 0.386. The zero-order chi connectivity index (χ0) is 18.6. The van der Waals surface area contributed by atoms with Crippen LogP contribution < -0.4 is 14.8 Å². The summed E-state index contributed by atoms with van der Waals surface area (Å²) in [6, 6.07) is 29.9. The zero-order valence-electron chi connectivity index (χ0n) is 15.6. The third kappa shape index (κ3) is 3.65. The van der Waals surface area contributed by atoms with E-state index >= 15 is 0 Å². The second-order valence-corrected chi connectivity index (χ2v) is 12.3. The summed E-state index contributed by atoms with van der Waals surface area (Å²) in [6.07, 6.45) is 0. The van der Waals surface area contributed by atoms with E-state index in [1.165, 1.54) is 15.9 Å². The second-order valence-electron chi connectivity index (χ2n) is 7.54. The van der Waals surface area contributed by atoms with Gasteiger partial charge < -0.3 is 4.43 Å². The highest BCUT2D eigenvalue weighted by Gasteiger charge is 2.52. The van der Waals surface area contributed by atoms with Gasteiger partial charge in [0.15, 0.2) is 0 Å². The highest BCUT2D eigenvalue weighted by molar-refractivity contribution is 9.08. The van der Waals surface area contributed by atoms with Gasteiger partial charge in [0, 0.05) is 5.33 Å². The van der Waals surface area contributed by atoms with Gasteiger partial charge in [0.05, 0.1) is 0 Å². The summed E-state index contributed by atoms with van der Waals surface area (Å²) < 4.78 is 6.96. The van der Waals surface area contributed by atoms with E-state index in [0.29, 0.717) is 0 Å². The normalized spacial score (nSPS) is 12.0. The number of benzene rings is 3. The maximum absolute atomic E-state index is 6.96. The van der Waals surface area contributed by atoms with E-state index in [2.05, 4.69) is 122 Å². The maximum atomic E-state index is 6.96. The fourth-order valence-electron chi connectivity index (χ4n) is 3.47. The van der Waals surface area contributed by atoms with Gasteiger partial charge >= 0.3 is 8.32 Å². The lowest BCUT2D eigenvalue weighted by Gasteiger charge is -2.43. The van der Waals surface area contributed by atoms with Crippen LogP contribution in [0.2, 0.25) is 5.04 Å². The van der Waals surface area contributed by atoms with Gasteiger partial charge in [-0.3, -0.25) is 0 Å². The highest BCUT2D eigenvalue weighted by atomic mass is 79.9. The van der Waals surface area contributed by atoms with Crippen molar-refractivity contribution >= 4 is 34.6 Å². The summed E-state index contributed by atoms with van der Waals surface area (Å²) in [5.41, 5.74) is 1.25. The van der Waals surface area contributed by atoms with Gasteiger partial charge in [-0.15, -0.1) is 0 Å². The Morgan fingerprint density at radius 2 is 1.19 bits per heavy atom. The largest absolute Gasteiger partial charge is 0.534 e. The Hall–Kier alpha value is -1.84. The van der Waals surface area contributed by atoms with E-state index in [1.807, 2.05) is 0 Å². The molecular weight excluding hydrogens is 400 g/mol. The molecule has 0 spiro atoms. The number of alkyl halides is 1. The van der Waals surface area contributed by atoms with Crippen LogP contribution in [-0.4, -0.2) is 8.32 Å². The molecule has 0 aliphatic heterocycles. The van der Waals surface area contributed by atoms with Crippen LogP contribution in [0.15, 0.2) is 84.9 Å². The molecule has 0 saturated carbocycles. The summed E-state index contributed by atoms with van der Waals surface area (Å²) in [6.45, 7) is 6.89. The fraction of sp³-hybridized carbons (Fsp3) is 0.217. The predicted molar refractivity (Wildman–Crippen MR) is 117 cm³/mol. The van der Waals surface area contributed by atoms with Gasteiger partial charge in [-0.1, -0.05) is 109 Å². The highest BCUT2D eigenvalue weighted by Crippen LogP contribution is 2.37. The van der Waals surface area contributed by atoms with Gasteiger partial charge in [-0.05, 0) is 33.1 Å². The van der Waals surface area contributed by atoms with E-state index < -0.39 is 8.32 Å². The van der Waals surface area contributed by atoms with Crippen LogP contribution in [0, 0.1) is 0 Å². The van der Waals surface area contributed by atoms with E-state index in [0.717, 1.165) is 11.1 Å². The lowest BCUT2D eigenvalue weighted by molar-refractivity contribution is 0.508. The number of hydrogen-bond donors (Lipinski definition) is 0. The Morgan fingerprint density at radius 1 is 0.731 bits per heavy atom. The SMILES string of the molecule is CC(C)(C)[Si](Oc1ccc(CBr)cc1)(c1ccccc1)c1ccccc1. The third-order valence-electron chi connectivity index (χ3n) is 4.77. The molecule has 134 valence electrons. The first-order valence-electron chi connectivity index (χ1n) is 8.92. The Morgan fingerprint density at radius 3 is 1.58 bits per heavy atom. The van der Waals surface area contributed by atoms with E-state index in [9.17, 15) is 0 Å². The molecule has 0 saturated heterocycles. The molecule has 3 aromatic carbocycles. The van der Waals surface area contributed by atoms with Crippen molar-refractivity contribution in [3.8, 4) is 5.75 Å². The third-order valence-corrected chi connectivity index (χ3v) is 10.4. The lowest BCUT2D eigenvalue weighted by Crippen LogP contribution is -2.68. The van der Waals surface area contributed by atoms with E-state index in [4.69, 9.17) is 4.43 Å². The summed E-state index contributed by atoms with van der Waals surface area (Å²) in [7, 11) is -2.53. The molecule has 3 heteroatoms. The summed E-state index contributed by atoms with van der Waals surface area (Å²) >= 11 is 3.52. The first kappa shape index (κ1) is 18.9. The van der Waals surface area contributed by atoms with Crippen molar-refractivity contribution in [2.24, 2.45) is 0 Å². The lowest BCUT2D eigenvalue weighted by atomic mass is 10.2. The predicted octanol–water partition coefficient (Wildman–Crippen LogP) is 5.52. The number of halogens is 1. The van der Waals surface area contributed by atoms with Crippen LogP contribution in [0.1, 0.15) is 26.3 Å². The summed E-state index contributed by atoms with van der Waals surface area (Å²) in [4.78, 5) is 0. The number of hydrogen-bond acceptors (Lipinski definition) is 1. The molecule has 0 aliphatic carbocycles. The molecule has 0 amide bonds. The molecule has 0 unspecified atom stereocenters. The molecule has 0 bridgehead atoms. The van der Waals surface area contributed by atoms with Gasteiger partial charge in [0.25, 0.3) is 0 Å². The van der Waals surface area contributed by atoms with Gasteiger partial charge in [0.2, 0.25) is 0 Å². The number of rotatable bonds is 5. The van der Waals surface area contributed by atoms with Crippen molar-refractivity contribution in [2.75, 3.05) is 0 Å². The fourth-order valence-corrected chi connectivity index (χ4v) is 8.27. The molecule has 1 nitrogen and oxygen atoms in total. The molecule has 0 radical (unpaired) electrons. The Kier molecular flexibility index (Phi) is 5.69. The van der Waals surface area contributed by atoms with Crippen molar-refractivity contribution in [1.82, 2.24) is 0 Å². The molecule has 0 fully saturated rings. The van der Waals surface area contributed by atoms with Crippen molar-refractivity contribution in [1.29, 1.82) is 0 Å². The molecule has 0 heterocycles. The smallest absolute Gasteiger partial charge is 0.319 e. The maximum Gasteiger partial charge on any atom is 0.319 e. The standard InChI is InChI=1S/C23H25BrOSi/c1-23(2,3)26(21-10-6-4-7-11-21,22-12-8-5-9-13-22)25-20-16-14-19(18-24)15-17-20/h4-17H,18H2,1-3H3. The van der Waals surface area contributed by atoms with Crippen LogP contribution in [0.25, 0.3) is 0 Å². The van der Waals surface area contributed by atoms with Crippen LogP contribution in [-0.2, 0) is 5.33 Å². The van der Waals surface area contributed by atoms with Gasteiger partial charge in [-0.25, -0.2) is 0 Å². The van der Waals surface area contributed by atoms with Crippen molar-refractivity contribution in [2.45, 2.75) is 31.1 Å². The summed E-state index contributed by atoms with van der Waals surface area (Å²) in [5.74, 6) is 0.934. The van der Waals surface area contributed by atoms with Crippen LogP contribution >= 0.6 is 15.9 Å². The van der Waals surface area contributed by atoms with Gasteiger partial charge in [0.1, 0.15) is 5.75 Å². The zero-order valence-corrected chi connectivity index (χ0v) is 18.2. The molecule has 3 aromatic rings. The second kappa shape index (κ2) is 7.81. The molecule has 0 atom stereocenters. The van der Waals surface area contributed by atoms with Crippen molar-refractivity contribution in [3.05, 3.63) is 90.5 Å². The minimum absolute atomic E-state index is 0.0240. The molecule has 0 aromatic heterocycles. The van der Waals surface area contributed by atoms with E-state index in [-0.39, 0.29) is 5.04 Å². The minimum atomic E-state index is -2.53. The Balaban J connectivity index is 2.19. The van der Waals surface area contributed by atoms with Crippen molar-refractivity contribution < 1.29 is 4.43 Å². The molecule has 26 heavy (non-hydrogen) atoms. The minimum Gasteiger partial charge on any atom is -0.534 e. The summed E-state index contributed by atoms with van der Waals surface area (Å²) in [5, 5.41) is 3.42. The van der Waals surface area contributed by atoms with Crippen molar-refractivity contribution in [3.63, 3.8) is 0 Å². The average molecular weight is 425 g/mol. The van der Waals surface area contributed by atoms with E-state index in [1.54, 1.807) is 0 Å². The van der Waals surface area contributed by atoms with Crippen LogP contribution in [0.5, 0.6) is 5.75 Å². The van der Waals surface area contributed by atoms with Gasteiger partial charge in [-0.2, -0.15) is 0 Å². The first-order chi connectivity index (χ1) is 12.5. The Labute approximate surface area is 166 Å². The van der Waals surface area contributed by atoms with Crippen LogP contribution in [0.3, 0.4) is 0 Å². The Bertz CT molecular complexity index is 784. The average Bonchev–Trinajstić information content (AvgIpc) is 2.67. The molecule has 0 aliphatic rings. The molecule has 3 rings (SSSR count). The molecular formula is C23H25BrOSi. The van der Waals surface area contributed by atoms with Crippen LogP contribution in [0.4, 0.5) is 0 Å².